The lowest BCUT2D eigenvalue weighted by Gasteiger charge is -2.22. The SMILES string of the molecule is CCCN(Cc1ccc(F)cc1)Cc1cc(=O)oc2ccc(OC)cc12. The second-order valence-corrected chi connectivity index (χ2v) is 6.29. The van der Waals surface area contributed by atoms with Crippen molar-refractivity contribution < 1.29 is 13.5 Å². The standard InChI is InChI=1S/C21H22FNO3/c1-3-10-23(13-15-4-6-17(22)7-5-15)14-16-11-21(24)26-20-9-8-18(25-2)12-19(16)20/h4-9,11-12H,3,10,13-14H2,1-2H3. The van der Waals surface area contributed by atoms with Gasteiger partial charge < -0.3 is 9.15 Å². The maximum atomic E-state index is 13.1. The summed E-state index contributed by atoms with van der Waals surface area (Å²) in [6.45, 7) is 4.25. The van der Waals surface area contributed by atoms with E-state index in [1.54, 1.807) is 31.4 Å². The topological polar surface area (TPSA) is 42.7 Å². The number of hydrogen-bond acceptors (Lipinski definition) is 4. The van der Waals surface area contributed by atoms with Crippen LogP contribution in [0.25, 0.3) is 11.0 Å². The molecule has 0 amide bonds. The van der Waals surface area contributed by atoms with Gasteiger partial charge in [-0.05, 0) is 54.4 Å². The second kappa shape index (κ2) is 8.15. The van der Waals surface area contributed by atoms with E-state index in [1.807, 2.05) is 6.07 Å². The van der Waals surface area contributed by atoms with E-state index in [0.717, 1.165) is 29.5 Å². The Balaban J connectivity index is 1.92. The van der Waals surface area contributed by atoms with Crippen molar-refractivity contribution in [2.75, 3.05) is 13.7 Å². The molecule has 0 unspecified atom stereocenters. The maximum Gasteiger partial charge on any atom is 0.336 e. The van der Waals surface area contributed by atoms with Gasteiger partial charge in [0.15, 0.2) is 0 Å². The average molecular weight is 355 g/mol. The van der Waals surface area contributed by atoms with Crippen LogP contribution in [0.4, 0.5) is 4.39 Å². The highest BCUT2D eigenvalue weighted by Gasteiger charge is 2.12. The molecule has 0 atom stereocenters. The van der Waals surface area contributed by atoms with Crippen molar-refractivity contribution in [3.05, 3.63) is 75.9 Å². The van der Waals surface area contributed by atoms with Crippen LogP contribution >= 0.6 is 0 Å². The summed E-state index contributed by atoms with van der Waals surface area (Å²) < 4.78 is 23.7. The molecule has 136 valence electrons. The average Bonchev–Trinajstić information content (AvgIpc) is 2.63. The molecule has 0 N–H and O–H groups in total. The Morgan fingerprint density at radius 3 is 2.54 bits per heavy atom. The van der Waals surface area contributed by atoms with Gasteiger partial charge in [0.1, 0.15) is 17.1 Å². The van der Waals surface area contributed by atoms with E-state index >= 15 is 0 Å². The normalized spacial score (nSPS) is 11.2. The third-order valence-electron chi connectivity index (χ3n) is 4.29. The molecule has 0 saturated carbocycles. The Labute approximate surface area is 151 Å². The molecule has 1 heterocycles. The van der Waals surface area contributed by atoms with E-state index in [1.165, 1.54) is 18.2 Å². The van der Waals surface area contributed by atoms with Gasteiger partial charge in [0.25, 0.3) is 0 Å². The van der Waals surface area contributed by atoms with Gasteiger partial charge in [0.05, 0.1) is 7.11 Å². The summed E-state index contributed by atoms with van der Waals surface area (Å²) in [5.74, 6) is 0.475. The minimum absolute atomic E-state index is 0.241. The van der Waals surface area contributed by atoms with Crippen LogP contribution in [0, 0.1) is 5.82 Å². The first kappa shape index (κ1) is 18.1. The summed E-state index contributed by atoms with van der Waals surface area (Å²) in [7, 11) is 1.61. The lowest BCUT2D eigenvalue weighted by atomic mass is 10.1. The quantitative estimate of drug-likeness (QED) is 0.591. The number of benzene rings is 2. The molecule has 0 bridgehead atoms. The summed E-state index contributed by atoms with van der Waals surface area (Å²) >= 11 is 0. The van der Waals surface area contributed by atoms with Crippen LogP contribution in [0.15, 0.2) is 57.7 Å². The third kappa shape index (κ3) is 4.29. The highest BCUT2D eigenvalue weighted by atomic mass is 19.1. The number of ether oxygens (including phenoxy) is 1. The summed E-state index contributed by atoms with van der Waals surface area (Å²) in [4.78, 5) is 14.2. The molecule has 1 aromatic heterocycles. The van der Waals surface area contributed by atoms with E-state index < -0.39 is 0 Å². The van der Waals surface area contributed by atoms with Gasteiger partial charge in [-0.2, -0.15) is 0 Å². The van der Waals surface area contributed by atoms with Crippen LogP contribution in [-0.4, -0.2) is 18.6 Å². The molecule has 0 saturated heterocycles. The fourth-order valence-electron chi connectivity index (χ4n) is 3.08. The zero-order chi connectivity index (χ0) is 18.5. The van der Waals surface area contributed by atoms with Gasteiger partial charge >= 0.3 is 5.63 Å². The Kier molecular flexibility index (Phi) is 5.68. The fraction of sp³-hybridized carbons (Fsp3) is 0.286. The van der Waals surface area contributed by atoms with E-state index in [9.17, 15) is 9.18 Å². The van der Waals surface area contributed by atoms with Crippen molar-refractivity contribution in [2.24, 2.45) is 0 Å². The smallest absolute Gasteiger partial charge is 0.336 e. The van der Waals surface area contributed by atoms with Crippen LogP contribution in [0.2, 0.25) is 0 Å². The molecule has 4 nitrogen and oxygen atoms in total. The number of rotatable bonds is 7. The number of methoxy groups -OCH3 is 1. The third-order valence-corrected chi connectivity index (χ3v) is 4.29. The van der Waals surface area contributed by atoms with Gasteiger partial charge in [-0.3, -0.25) is 4.90 Å². The van der Waals surface area contributed by atoms with Crippen LogP contribution in [0.3, 0.4) is 0 Å². The van der Waals surface area contributed by atoms with Gasteiger partial charge in [0.2, 0.25) is 0 Å². The van der Waals surface area contributed by atoms with Crippen LogP contribution in [0.5, 0.6) is 5.75 Å². The Morgan fingerprint density at radius 1 is 1.08 bits per heavy atom. The summed E-state index contributed by atoms with van der Waals surface area (Å²) in [6.07, 6.45) is 0.976. The Bertz CT molecular complexity index is 934. The number of halogens is 1. The minimum atomic E-state index is -0.365. The van der Waals surface area contributed by atoms with Gasteiger partial charge in [-0.15, -0.1) is 0 Å². The number of fused-ring (bicyclic) bond motifs is 1. The van der Waals surface area contributed by atoms with Crippen molar-refractivity contribution in [1.82, 2.24) is 4.90 Å². The molecule has 26 heavy (non-hydrogen) atoms. The molecule has 3 rings (SSSR count). The lowest BCUT2D eigenvalue weighted by molar-refractivity contribution is 0.257. The summed E-state index contributed by atoms with van der Waals surface area (Å²) in [5.41, 5.74) is 2.11. The molecule has 5 heteroatoms. The predicted octanol–water partition coefficient (Wildman–Crippen LogP) is 4.35. The summed E-state index contributed by atoms with van der Waals surface area (Å²) in [5, 5.41) is 0.865. The predicted molar refractivity (Wildman–Crippen MR) is 99.8 cm³/mol. The molecule has 0 fully saturated rings. The Morgan fingerprint density at radius 2 is 1.85 bits per heavy atom. The number of hydrogen-bond donors (Lipinski definition) is 0. The molecule has 3 aromatic rings. The maximum absolute atomic E-state index is 13.1. The van der Waals surface area contributed by atoms with Gasteiger partial charge in [-0.25, -0.2) is 9.18 Å². The van der Waals surface area contributed by atoms with E-state index in [4.69, 9.17) is 9.15 Å². The van der Waals surface area contributed by atoms with Crippen LogP contribution in [-0.2, 0) is 13.1 Å². The van der Waals surface area contributed by atoms with Crippen molar-refractivity contribution >= 4 is 11.0 Å². The molecule has 0 radical (unpaired) electrons. The Hall–Kier alpha value is -2.66. The molecule has 0 aliphatic carbocycles. The van der Waals surface area contributed by atoms with E-state index in [2.05, 4.69) is 11.8 Å². The first-order valence-corrected chi connectivity index (χ1v) is 8.66. The fourth-order valence-corrected chi connectivity index (χ4v) is 3.08. The van der Waals surface area contributed by atoms with E-state index in [0.29, 0.717) is 24.4 Å². The molecular formula is C21H22FNO3. The first-order valence-electron chi connectivity index (χ1n) is 8.66. The highest BCUT2D eigenvalue weighted by Crippen LogP contribution is 2.24. The highest BCUT2D eigenvalue weighted by molar-refractivity contribution is 5.81. The van der Waals surface area contributed by atoms with E-state index in [-0.39, 0.29) is 11.4 Å². The van der Waals surface area contributed by atoms with Crippen LogP contribution in [0.1, 0.15) is 24.5 Å². The first-order chi connectivity index (χ1) is 12.6. The largest absolute Gasteiger partial charge is 0.497 e. The molecule has 2 aromatic carbocycles. The van der Waals surface area contributed by atoms with Crippen molar-refractivity contribution in [3.63, 3.8) is 0 Å². The summed E-state index contributed by atoms with van der Waals surface area (Å²) in [6, 6.07) is 13.5. The zero-order valence-corrected chi connectivity index (χ0v) is 15.0. The lowest BCUT2D eigenvalue weighted by Crippen LogP contribution is -2.24. The molecule has 0 spiro atoms. The zero-order valence-electron chi connectivity index (χ0n) is 15.0. The van der Waals surface area contributed by atoms with Crippen molar-refractivity contribution in [3.8, 4) is 5.75 Å². The van der Waals surface area contributed by atoms with Crippen molar-refractivity contribution in [1.29, 1.82) is 0 Å². The molecular weight excluding hydrogens is 333 g/mol. The molecule has 0 aliphatic heterocycles. The van der Waals surface area contributed by atoms with Gasteiger partial charge in [-0.1, -0.05) is 19.1 Å². The van der Waals surface area contributed by atoms with Crippen LogP contribution < -0.4 is 10.4 Å². The molecule has 0 aliphatic rings. The van der Waals surface area contributed by atoms with Gasteiger partial charge in [0, 0.05) is 24.5 Å². The van der Waals surface area contributed by atoms with Crippen molar-refractivity contribution in [2.45, 2.75) is 26.4 Å². The number of nitrogens with zero attached hydrogens (tertiary/aromatic N) is 1. The minimum Gasteiger partial charge on any atom is -0.497 e. The monoisotopic (exact) mass is 355 g/mol. The second-order valence-electron chi connectivity index (χ2n) is 6.29.